The Kier molecular flexibility index (Phi) is 1.60. The zero-order valence-corrected chi connectivity index (χ0v) is 4.74. The molecule has 0 aliphatic carbocycles. The van der Waals surface area contributed by atoms with Gasteiger partial charge in [-0.3, -0.25) is 0 Å². The highest BCUT2D eigenvalue weighted by Crippen LogP contribution is 1.99. The van der Waals surface area contributed by atoms with E-state index in [1.165, 1.54) is 12.5 Å². The summed E-state index contributed by atoms with van der Waals surface area (Å²) in [6.45, 7) is 0. The van der Waals surface area contributed by atoms with E-state index >= 15 is 0 Å². The first kappa shape index (κ1) is 5.97. The monoisotopic (exact) mass is 125 g/mol. The molecule has 0 saturated heterocycles. The molecule has 1 rings (SSSR count). The fourth-order valence-electron chi connectivity index (χ4n) is 0.522. The SMILES string of the molecule is N[C@H](C=O)c1cnc[nH]1. The largest absolute Gasteiger partial charge is 0.347 e. The molecule has 0 fully saturated rings. The van der Waals surface area contributed by atoms with Crippen LogP contribution in [0.5, 0.6) is 0 Å². The Morgan fingerprint density at radius 3 is 3.11 bits per heavy atom. The summed E-state index contributed by atoms with van der Waals surface area (Å²) in [4.78, 5) is 16.4. The second-order valence-corrected chi connectivity index (χ2v) is 1.67. The Balaban J connectivity index is 2.76. The second kappa shape index (κ2) is 2.41. The maximum atomic E-state index is 10.0. The summed E-state index contributed by atoms with van der Waals surface area (Å²) in [6, 6.07) is -0.563. The van der Waals surface area contributed by atoms with E-state index in [4.69, 9.17) is 5.73 Å². The number of nitrogens with two attached hydrogens (primary N) is 1. The van der Waals surface area contributed by atoms with Crippen LogP contribution in [-0.2, 0) is 4.79 Å². The van der Waals surface area contributed by atoms with Crippen molar-refractivity contribution in [1.29, 1.82) is 0 Å². The van der Waals surface area contributed by atoms with Crippen LogP contribution in [0.3, 0.4) is 0 Å². The van der Waals surface area contributed by atoms with Gasteiger partial charge in [0.05, 0.1) is 12.0 Å². The number of imidazole rings is 1. The van der Waals surface area contributed by atoms with Crippen molar-refractivity contribution in [3.05, 3.63) is 18.2 Å². The third kappa shape index (κ3) is 1.14. The first-order valence-electron chi connectivity index (χ1n) is 2.53. The minimum atomic E-state index is -0.563. The van der Waals surface area contributed by atoms with Gasteiger partial charge in [0, 0.05) is 6.20 Å². The van der Waals surface area contributed by atoms with Gasteiger partial charge in [-0.25, -0.2) is 4.98 Å². The molecule has 4 heteroatoms. The van der Waals surface area contributed by atoms with Crippen LogP contribution in [0.15, 0.2) is 12.5 Å². The maximum Gasteiger partial charge on any atom is 0.142 e. The van der Waals surface area contributed by atoms with Gasteiger partial charge < -0.3 is 15.5 Å². The second-order valence-electron chi connectivity index (χ2n) is 1.67. The number of carbonyl (C=O) groups excluding carboxylic acids is 1. The lowest BCUT2D eigenvalue weighted by atomic mass is 10.3. The van der Waals surface area contributed by atoms with Crippen LogP contribution in [-0.4, -0.2) is 16.3 Å². The van der Waals surface area contributed by atoms with Crippen LogP contribution in [0.4, 0.5) is 0 Å². The third-order valence-electron chi connectivity index (χ3n) is 1.03. The predicted molar refractivity (Wildman–Crippen MR) is 31.6 cm³/mol. The van der Waals surface area contributed by atoms with E-state index in [1.807, 2.05) is 0 Å². The highest BCUT2D eigenvalue weighted by atomic mass is 16.1. The molecule has 1 aromatic heterocycles. The van der Waals surface area contributed by atoms with Gasteiger partial charge in [0.25, 0.3) is 0 Å². The number of hydrogen-bond acceptors (Lipinski definition) is 3. The summed E-state index contributed by atoms with van der Waals surface area (Å²) in [5, 5.41) is 0. The molecule has 1 heterocycles. The highest BCUT2D eigenvalue weighted by Gasteiger charge is 2.02. The summed E-state index contributed by atoms with van der Waals surface area (Å²) < 4.78 is 0. The Hall–Kier alpha value is -1.16. The Morgan fingerprint density at radius 2 is 2.67 bits per heavy atom. The van der Waals surface area contributed by atoms with Crippen molar-refractivity contribution in [1.82, 2.24) is 9.97 Å². The first-order valence-corrected chi connectivity index (χ1v) is 2.53. The quantitative estimate of drug-likeness (QED) is 0.528. The Bertz CT molecular complexity index is 182. The molecule has 48 valence electrons. The molecule has 0 aromatic carbocycles. The van der Waals surface area contributed by atoms with Gasteiger partial charge in [0.1, 0.15) is 12.3 Å². The minimum absolute atomic E-state index is 0.563. The highest BCUT2D eigenvalue weighted by molar-refractivity contribution is 5.59. The van der Waals surface area contributed by atoms with Crippen molar-refractivity contribution < 1.29 is 4.79 Å². The normalized spacial score (nSPS) is 13.0. The van der Waals surface area contributed by atoms with E-state index in [9.17, 15) is 4.79 Å². The lowest BCUT2D eigenvalue weighted by Gasteiger charge is -1.95. The molecule has 0 amide bonds. The summed E-state index contributed by atoms with van der Waals surface area (Å²) >= 11 is 0. The van der Waals surface area contributed by atoms with E-state index in [0.29, 0.717) is 12.0 Å². The first-order chi connectivity index (χ1) is 4.34. The summed E-state index contributed by atoms with van der Waals surface area (Å²) in [6.07, 6.45) is 3.67. The Morgan fingerprint density at radius 1 is 1.89 bits per heavy atom. The number of nitrogens with zero attached hydrogens (tertiary/aromatic N) is 1. The van der Waals surface area contributed by atoms with Crippen LogP contribution in [0.25, 0.3) is 0 Å². The number of aromatic amines is 1. The Labute approximate surface area is 52.1 Å². The van der Waals surface area contributed by atoms with Gasteiger partial charge in [-0.05, 0) is 0 Å². The zero-order chi connectivity index (χ0) is 6.69. The van der Waals surface area contributed by atoms with Gasteiger partial charge in [-0.2, -0.15) is 0 Å². The van der Waals surface area contributed by atoms with Crippen molar-refractivity contribution in [3.8, 4) is 0 Å². The molecule has 0 spiro atoms. The predicted octanol–water partition coefficient (Wildman–Crippen LogP) is -0.392. The van der Waals surface area contributed by atoms with Gasteiger partial charge in [0.15, 0.2) is 0 Å². The van der Waals surface area contributed by atoms with Crippen molar-refractivity contribution in [2.24, 2.45) is 5.73 Å². The van der Waals surface area contributed by atoms with E-state index in [1.54, 1.807) is 0 Å². The number of nitrogens with one attached hydrogen (secondary N) is 1. The smallest absolute Gasteiger partial charge is 0.142 e. The van der Waals surface area contributed by atoms with Crippen molar-refractivity contribution >= 4 is 6.29 Å². The summed E-state index contributed by atoms with van der Waals surface area (Å²) in [5.74, 6) is 0. The van der Waals surface area contributed by atoms with Crippen LogP contribution < -0.4 is 5.73 Å². The molecule has 0 aliphatic rings. The number of H-pyrrole nitrogens is 1. The van der Waals surface area contributed by atoms with E-state index in [2.05, 4.69) is 9.97 Å². The molecule has 3 N–H and O–H groups in total. The molecule has 9 heavy (non-hydrogen) atoms. The molecule has 0 bridgehead atoms. The standard InChI is InChI=1S/C5H7N3O/c6-4(2-9)5-1-7-3-8-5/h1-4H,6H2,(H,7,8)/t4-/m1/s1. The summed E-state index contributed by atoms with van der Waals surface area (Å²) in [7, 11) is 0. The third-order valence-corrected chi connectivity index (χ3v) is 1.03. The molecule has 0 aliphatic heterocycles. The molecule has 0 radical (unpaired) electrons. The van der Waals surface area contributed by atoms with Crippen molar-refractivity contribution in [2.45, 2.75) is 6.04 Å². The van der Waals surface area contributed by atoms with Gasteiger partial charge in [-0.15, -0.1) is 0 Å². The number of aromatic nitrogens is 2. The molecule has 4 nitrogen and oxygen atoms in total. The minimum Gasteiger partial charge on any atom is -0.347 e. The van der Waals surface area contributed by atoms with Crippen LogP contribution in [0.2, 0.25) is 0 Å². The number of hydrogen-bond donors (Lipinski definition) is 2. The lowest BCUT2D eigenvalue weighted by Crippen LogP contribution is -2.11. The molecule has 0 saturated carbocycles. The molecular weight excluding hydrogens is 118 g/mol. The fraction of sp³-hybridized carbons (Fsp3) is 0.200. The van der Waals surface area contributed by atoms with Gasteiger partial charge in [-0.1, -0.05) is 0 Å². The van der Waals surface area contributed by atoms with E-state index < -0.39 is 6.04 Å². The van der Waals surface area contributed by atoms with Crippen molar-refractivity contribution in [2.75, 3.05) is 0 Å². The molecule has 0 unspecified atom stereocenters. The van der Waals surface area contributed by atoms with Crippen LogP contribution in [0, 0.1) is 0 Å². The topological polar surface area (TPSA) is 71.8 Å². The van der Waals surface area contributed by atoms with Crippen LogP contribution >= 0.6 is 0 Å². The van der Waals surface area contributed by atoms with Crippen molar-refractivity contribution in [3.63, 3.8) is 0 Å². The van der Waals surface area contributed by atoms with E-state index in [0.717, 1.165) is 0 Å². The maximum absolute atomic E-state index is 10.0. The molecular formula is C5H7N3O. The van der Waals surface area contributed by atoms with Gasteiger partial charge in [0.2, 0.25) is 0 Å². The van der Waals surface area contributed by atoms with E-state index in [-0.39, 0.29) is 0 Å². The summed E-state index contributed by atoms with van der Waals surface area (Å²) in [5.41, 5.74) is 5.94. The fourth-order valence-corrected chi connectivity index (χ4v) is 0.522. The zero-order valence-electron chi connectivity index (χ0n) is 4.74. The lowest BCUT2D eigenvalue weighted by molar-refractivity contribution is -0.109. The average molecular weight is 125 g/mol. The molecule has 1 aromatic rings. The van der Waals surface area contributed by atoms with Gasteiger partial charge >= 0.3 is 0 Å². The van der Waals surface area contributed by atoms with Crippen LogP contribution in [0.1, 0.15) is 11.7 Å². The number of rotatable bonds is 2. The average Bonchev–Trinajstić information content (AvgIpc) is 2.37. The molecule has 1 atom stereocenters. The number of carbonyl (C=O) groups is 1. The number of aldehydes is 1.